The second-order valence-electron chi connectivity index (χ2n) is 6.48. The Kier molecular flexibility index (Phi) is 4.33. The zero-order valence-electron chi connectivity index (χ0n) is 14.8. The molecule has 1 aliphatic rings. The molecule has 7 nitrogen and oxygen atoms in total. The van der Waals surface area contributed by atoms with E-state index in [1.807, 2.05) is 0 Å². The van der Waals surface area contributed by atoms with Gasteiger partial charge in [0.2, 0.25) is 0 Å². The smallest absolute Gasteiger partial charge is 0.345 e. The van der Waals surface area contributed by atoms with Gasteiger partial charge in [0.25, 0.3) is 5.91 Å². The summed E-state index contributed by atoms with van der Waals surface area (Å²) in [6, 6.07) is 0.783. The first-order valence-electron chi connectivity index (χ1n) is 8.52. The fourth-order valence-electron chi connectivity index (χ4n) is 3.14. The van der Waals surface area contributed by atoms with E-state index >= 15 is 0 Å². The van der Waals surface area contributed by atoms with E-state index in [-0.39, 0.29) is 23.5 Å². The number of alkyl halides is 3. The average Bonchev–Trinajstić information content (AvgIpc) is 3.14. The van der Waals surface area contributed by atoms with Gasteiger partial charge in [-0.15, -0.1) is 0 Å². The van der Waals surface area contributed by atoms with Crippen molar-refractivity contribution in [3.63, 3.8) is 0 Å². The molecule has 0 saturated carbocycles. The van der Waals surface area contributed by atoms with Gasteiger partial charge >= 0.3 is 6.18 Å². The number of rotatable bonds is 3. The lowest BCUT2D eigenvalue weighted by molar-refractivity contribution is -0.137. The molecule has 4 rings (SSSR count). The Bertz CT molecular complexity index is 1040. The summed E-state index contributed by atoms with van der Waals surface area (Å²) in [5.41, 5.74) is 1.24. The van der Waals surface area contributed by atoms with Gasteiger partial charge in [-0.25, -0.2) is 4.98 Å². The van der Waals surface area contributed by atoms with Crippen LogP contribution in [0.3, 0.4) is 0 Å². The lowest BCUT2D eigenvalue weighted by atomic mass is 9.90. The largest absolute Gasteiger partial charge is 0.417 e. The standard InChI is InChI=1S/C18H15F3N6O/c1-9-5-23-11(7-22-9)8-24-17(28)14-4-12(18(19,20)21)15-13(26-14)3-2-10-6-25-27-16(10)15/h4-7H,2-3,8H2,1H3,(H,24,28)(H,25,27). The van der Waals surface area contributed by atoms with Crippen molar-refractivity contribution in [1.29, 1.82) is 0 Å². The molecule has 3 aromatic rings. The maximum absolute atomic E-state index is 13.7. The normalized spacial score (nSPS) is 13.0. The second kappa shape index (κ2) is 6.70. The quantitative estimate of drug-likeness (QED) is 0.719. The molecular formula is C18H15F3N6O. The van der Waals surface area contributed by atoms with E-state index in [1.165, 1.54) is 12.4 Å². The summed E-state index contributed by atoms with van der Waals surface area (Å²) in [7, 11) is 0. The summed E-state index contributed by atoms with van der Waals surface area (Å²) in [6.45, 7) is 1.81. The molecule has 1 aliphatic carbocycles. The van der Waals surface area contributed by atoms with Crippen LogP contribution < -0.4 is 5.32 Å². The number of H-pyrrole nitrogens is 1. The molecule has 0 atom stereocenters. The molecule has 3 aromatic heterocycles. The molecule has 0 unspecified atom stereocenters. The number of pyridine rings is 1. The average molecular weight is 388 g/mol. The van der Waals surface area contributed by atoms with Crippen LogP contribution in [0.1, 0.15) is 38.7 Å². The number of hydrogen-bond donors (Lipinski definition) is 2. The molecular weight excluding hydrogens is 373 g/mol. The second-order valence-corrected chi connectivity index (χ2v) is 6.48. The van der Waals surface area contributed by atoms with Crippen molar-refractivity contribution in [2.24, 2.45) is 0 Å². The van der Waals surface area contributed by atoms with E-state index in [0.29, 0.717) is 29.8 Å². The maximum Gasteiger partial charge on any atom is 0.417 e. The lowest BCUT2D eigenvalue weighted by Crippen LogP contribution is -2.26. The molecule has 2 N–H and O–H groups in total. The number of aromatic nitrogens is 5. The van der Waals surface area contributed by atoms with Crippen molar-refractivity contribution in [3.05, 3.63) is 58.6 Å². The van der Waals surface area contributed by atoms with Crippen LogP contribution in [0.2, 0.25) is 0 Å². The molecule has 0 aliphatic heterocycles. The Hall–Kier alpha value is -3.30. The van der Waals surface area contributed by atoms with Crippen molar-refractivity contribution in [2.45, 2.75) is 32.5 Å². The van der Waals surface area contributed by atoms with Gasteiger partial charge in [0.1, 0.15) is 5.69 Å². The van der Waals surface area contributed by atoms with Crippen LogP contribution in [0.4, 0.5) is 13.2 Å². The van der Waals surface area contributed by atoms with Crippen molar-refractivity contribution < 1.29 is 18.0 Å². The number of fused-ring (bicyclic) bond motifs is 3. The third-order valence-corrected chi connectivity index (χ3v) is 4.50. The highest BCUT2D eigenvalue weighted by Crippen LogP contribution is 2.41. The van der Waals surface area contributed by atoms with Crippen molar-refractivity contribution >= 4 is 5.91 Å². The maximum atomic E-state index is 13.7. The zero-order chi connectivity index (χ0) is 19.9. The molecule has 10 heteroatoms. The summed E-state index contributed by atoms with van der Waals surface area (Å²) in [6.07, 6.45) is 0.730. The number of aryl methyl sites for hydroxylation is 3. The SMILES string of the molecule is Cc1cnc(CNC(=O)c2cc(C(F)(F)F)c3c(n2)CCc2cn[nH]c2-3)cn1. The molecule has 0 aromatic carbocycles. The molecule has 0 bridgehead atoms. The highest BCUT2D eigenvalue weighted by molar-refractivity contribution is 5.93. The summed E-state index contributed by atoms with van der Waals surface area (Å²) in [5.74, 6) is -0.703. The van der Waals surface area contributed by atoms with Crippen molar-refractivity contribution in [2.75, 3.05) is 0 Å². The number of halogens is 3. The van der Waals surface area contributed by atoms with Crippen LogP contribution >= 0.6 is 0 Å². The predicted octanol–water partition coefficient (Wildman–Crippen LogP) is 2.62. The summed E-state index contributed by atoms with van der Waals surface area (Å²) >= 11 is 0. The Morgan fingerprint density at radius 1 is 1.21 bits per heavy atom. The van der Waals surface area contributed by atoms with Crippen LogP contribution in [-0.4, -0.2) is 31.1 Å². The number of nitrogens with zero attached hydrogens (tertiary/aromatic N) is 4. The fourth-order valence-corrected chi connectivity index (χ4v) is 3.14. The number of aromatic amines is 1. The van der Waals surface area contributed by atoms with Gasteiger partial charge in [0.15, 0.2) is 0 Å². The van der Waals surface area contributed by atoms with E-state index in [4.69, 9.17) is 0 Å². The number of carbonyl (C=O) groups excluding carboxylic acids is 1. The summed E-state index contributed by atoms with van der Waals surface area (Å²) < 4.78 is 41.1. The fraction of sp³-hybridized carbons (Fsp3) is 0.278. The number of amides is 1. The van der Waals surface area contributed by atoms with Gasteiger partial charge in [-0.05, 0) is 31.4 Å². The van der Waals surface area contributed by atoms with Gasteiger partial charge in [-0.3, -0.25) is 19.9 Å². The minimum absolute atomic E-state index is 0.0350. The third kappa shape index (κ3) is 3.32. The molecule has 0 spiro atoms. The molecule has 0 fully saturated rings. The van der Waals surface area contributed by atoms with Crippen LogP contribution in [0, 0.1) is 6.92 Å². The van der Waals surface area contributed by atoms with Crippen LogP contribution in [-0.2, 0) is 25.6 Å². The molecule has 0 radical (unpaired) electrons. The van der Waals surface area contributed by atoms with E-state index in [2.05, 4.69) is 30.5 Å². The number of nitrogens with one attached hydrogen (secondary N) is 2. The third-order valence-electron chi connectivity index (χ3n) is 4.50. The Morgan fingerprint density at radius 3 is 2.75 bits per heavy atom. The Balaban J connectivity index is 1.67. The Labute approximate surface area is 157 Å². The van der Waals surface area contributed by atoms with Gasteiger partial charge in [0.05, 0.1) is 47.3 Å². The summed E-state index contributed by atoms with van der Waals surface area (Å²) in [5, 5.41) is 9.00. The molecule has 0 saturated heterocycles. The van der Waals surface area contributed by atoms with E-state index in [1.54, 1.807) is 13.1 Å². The first-order chi connectivity index (χ1) is 13.3. The lowest BCUT2D eigenvalue weighted by Gasteiger charge is -2.21. The molecule has 3 heterocycles. The number of carbonyl (C=O) groups is 1. The molecule has 28 heavy (non-hydrogen) atoms. The van der Waals surface area contributed by atoms with Crippen molar-refractivity contribution in [1.82, 2.24) is 30.5 Å². The Morgan fingerprint density at radius 2 is 2.04 bits per heavy atom. The summed E-state index contributed by atoms with van der Waals surface area (Å²) in [4.78, 5) is 24.8. The van der Waals surface area contributed by atoms with E-state index in [9.17, 15) is 18.0 Å². The van der Waals surface area contributed by atoms with E-state index < -0.39 is 17.6 Å². The highest BCUT2D eigenvalue weighted by Gasteiger charge is 2.38. The van der Waals surface area contributed by atoms with Crippen LogP contribution in [0.25, 0.3) is 11.3 Å². The zero-order valence-corrected chi connectivity index (χ0v) is 14.8. The van der Waals surface area contributed by atoms with Gasteiger partial charge in [0, 0.05) is 11.8 Å². The van der Waals surface area contributed by atoms with E-state index in [0.717, 1.165) is 11.8 Å². The monoisotopic (exact) mass is 388 g/mol. The van der Waals surface area contributed by atoms with Crippen molar-refractivity contribution in [3.8, 4) is 11.3 Å². The minimum atomic E-state index is -4.63. The van der Waals surface area contributed by atoms with Gasteiger partial charge in [-0.1, -0.05) is 0 Å². The molecule has 1 amide bonds. The highest BCUT2D eigenvalue weighted by atomic mass is 19.4. The predicted molar refractivity (Wildman–Crippen MR) is 92.2 cm³/mol. The van der Waals surface area contributed by atoms with Crippen LogP contribution in [0.15, 0.2) is 24.7 Å². The first-order valence-corrected chi connectivity index (χ1v) is 8.52. The number of hydrogen-bond acceptors (Lipinski definition) is 5. The van der Waals surface area contributed by atoms with Crippen LogP contribution in [0.5, 0.6) is 0 Å². The first kappa shape index (κ1) is 18.1. The minimum Gasteiger partial charge on any atom is -0.345 e. The van der Waals surface area contributed by atoms with Gasteiger partial charge in [-0.2, -0.15) is 18.3 Å². The molecule has 144 valence electrons. The van der Waals surface area contributed by atoms with Gasteiger partial charge < -0.3 is 5.32 Å². The topological polar surface area (TPSA) is 96.5 Å².